The molecule has 5 rings (SSSR count). The van der Waals surface area contributed by atoms with Crippen molar-refractivity contribution >= 4 is 44.2 Å². The van der Waals surface area contributed by atoms with E-state index in [1.54, 1.807) is 28.9 Å². The van der Waals surface area contributed by atoms with Crippen LogP contribution in [-0.4, -0.2) is 65.7 Å². The highest BCUT2D eigenvalue weighted by Crippen LogP contribution is 2.36. The smallest absolute Gasteiger partial charge is 0.350 e. The molecule has 9 nitrogen and oxygen atoms in total. The van der Waals surface area contributed by atoms with E-state index in [0.29, 0.717) is 25.1 Å². The number of piperazine rings is 1. The van der Waals surface area contributed by atoms with Gasteiger partial charge in [0.1, 0.15) is 23.1 Å². The van der Waals surface area contributed by atoms with Crippen molar-refractivity contribution in [1.82, 2.24) is 19.4 Å². The number of hydrogen-bond acceptors (Lipinski definition) is 7. The van der Waals surface area contributed by atoms with Crippen LogP contribution in [-0.2, 0) is 21.1 Å². The summed E-state index contributed by atoms with van der Waals surface area (Å²) in [4.78, 5) is 38.3. The first kappa shape index (κ1) is 30.3. The molecule has 43 heavy (non-hydrogen) atoms. The lowest BCUT2D eigenvalue weighted by Crippen LogP contribution is -2.54. The summed E-state index contributed by atoms with van der Waals surface area (Å²) in [5, 5.41) is -0.243. The molecule has 1 aliphatic rings. The number of aromatic nitrogens is 3. The lowest BCUT2D eigenvalue weighted by molar-refractivity contribution is -0.126. The van der Waals surface area contributed by atoms with Gasteiger partial charge in [0, 0.05) is 37.5 Å². The average molecular weight is 628 g/mol. The minimum Gasteiger partial charge on any atom is -0.350 e. The molecule has 0 aliphatic carbocycles. The summed E-state index contributed by atoms with van der Waals surface area (Å²) < 4.78 is 57.2. The van der Waals surface area contributed by atoms with Crippen molar-refractivity contribution in [2.24, 2.45) is 0 Å². The lowest BCUT2D eigenvalue weighted by Gasteiger charge is -2.40. The predicted octanol–water partition coefficient (Wildman–Crippen LogP) is 4.57. The number of benzene rings is 2. The molecule has 0 saturated carbocycles. The number of halogens is 3. The monoisotopic (exact) mass is 627 g/mol. The summed E-state index contributed by atoms with van der Waals surface area (Å²) in [7, 11) is -3.85. The highest BCUT2D eigenvalue weighted by molar-refractivity contribution is 7.90. The van der Waals surface area contributed by atoms with Gasteiger partial charge in [-0.2, -0.15) is 4.98 Å². The molecule has 0 bridgehead atoms. The molecule has 1 aliphatic heterocycles. The number of hydrogen-bond donors (Lipinski definition) is 0. The molecule has 1 amide bonds. The molecule has 0 spiro atoms. The quantitative estimate of drug-likeness (QED) is 0.289. The van der Waals surface area contributed by atoms with E-state index in [1.165, 1.54) is 24.3 Å². The number of fused-ring (bicyclic) bond motifs is 1. The normalized spacial score (nSPS) is 15.6. The van der Waals surface area contributed by atoms with Crippen molar-refractivity contribution in [2.75, 3.05) is 30.8 Å². The standard InChI is InChI=1S/C30H28ClF2N5O4S/c1-5-18-9-7-12-23(43(4,41)42)27(18)38-29-20(15-22(33)26(34-29)19-10-8-11-21(32)25(19)31)28(35-30(38)40)37-14-13-36(16-17(37)3)24(39)6-2/h6-12,15,17H,2,5,13-14,16H2,1,3-4H3/t17-/m0/s1. The van der Waals surface area contributed by atoms with Crippen LogP contribution in [0.25, 0.3) is 28.0 Å². The fraction of sp³-hybridized carbons (Fsp3) is 0.267. The molecule has 0 radical (unpaired) electrons. The van der Waals surface area contributed by atoms with Gasteiger partial charge in [-0.05, 0) is 43.2 Å². The van der Waals surface area contributed by atoms with E-state index >= 15 is 4.39 Å². The Morgan fingerprint density at radius 3 is 2.51 bits per heavy atom. The second-order valence-corrected chi connectivity index (χ2v) is 12.6. The highest BCUT2D eigenvalue weighted by Gasteiger charge is 2.31. The van der Waals surface area contributed by atoms with E-state index in [4.69, 9.17) is 11.6 Å². The van der Waals surface area contributed by atoms with Crippen molar-refractivity contribution in [1.29, 1.82) is 0 Å². The third-order valence-electron chi connectivity index (χ3n) is 7.48. The highest BCUT2D eigenvalue weighted by atomic mass is 35.5. The van der Waals surface area contributed by atoms with Gasteiger partial charge < -0.3 is 9.80 Å². The van der Waals surface area contributed by atoms with Gasteiger partial charge >= 0.3 is 5.69 Å². The fourth-order valence-corrected chi connectivity index (χ4v) is 6.52. The SMILES string of the molecule is C=CC(=O)N1CCN(c2nc(=O)n(-c3c(CC)cccc3S(C)(=O)=O)c3nc(-c4cccc(F)c4Cl)c(F)cc23)[C@@H](C)C1. The lowest BCUT2D eigenvalue weighted by atomic mass is 10.1. The van der Waals surface area contributed by atoms with Gasteiger partial charge in [0.05, 0.1) is 21.0 Å². The molecular weight excluding hydrogens is 600 g/mol. The maximum Gasteiger partial charge on any atom is 0.355 e. The number of aryl methyl sites for hydroxylation is 1. The number of para-hydroxylation sites is 1. The number of carbonyl (C=O) groups excluding carboxylic acids is 1. The summed E-state index contributed by atoms with van der Waals surface area (Å²) >= 11 is 6.21. The van der Waals surface area contributed by atoms with Gasteiger partial charge in [0.15, 0.2) is 15.5 Å². The number of carbonyl (C=O) groups is 1. The summed E-state index contributed by atoms with van der Waals surface area (Å²) in [6, 6.07) is 9.31. The summed E-state index contributed by atoms with van der Waals surface area (Å²) in [5.41, 5.74) is -0.745. The Balaban J connectivity index is 1.87. The predicted molar refractivity (Wildman–Crippen MR) is 162 cm³/mol. The van der Waals surface area contributed by atoms with Gasteiger partial charge in [-0.3, -0.25) is 4.79 Å². The van der Waals surface area contributed by atoms with Crippen LogP contribution in [0.1, 0.15) is 19.4 Å². The Hall–Kier alpha value is -4.16. The minimum atomic E-state index is -3.85. The number of nitrogens with zero attached hydrogens (tertiary/aromatic N) is 5. The van der Waals surface area contributed by atoms with Crippen LogP contribution in [0.4, 0.5) is 14.6 Å². The van der Waals surface area contributed by atoms with Crippen LogP contribution in [0.2, 0.25) is 5.02 Å². The first-order valence-electron chi connectivity index (χ1n) is 13.4. The van der Waals surface area contributed by atoms with Crippen LogP contribution in [0.15, 0.2) is 64.8 Å². The molecular formula is C30H28ClF2N5O4S. The van der Waals surface area contributed by atoms with E-state index in [9.17, 15) is 22.4 Å². The van der Waals surface area contributed by atoms with Crippen LogP contribution in [0.5, 0.6) is 0 Å². The summed E-state index contributed by atoms with van der Waals surface area (Å²) in [6.45, 7) is 8.03. The third kappa shape index (κ3) is 5.40. The van der Waals surface area contributed by atoms with Gasteiger partial charge in [0.2, 0.25) is 5.91 Å². The minimum absolute atomic E-state index is 0.0459. The molecule has 224 valence electrons. The first-order valence-corrected chi connectivity index (χ1v) is 15.7. The number of pyridine rings is 1. The average Bonchev–Trinajstić information content (AvgIpc) is 2.97. The first-order chi connectivity index (χ1) is 20.4. The second kappa shape index (κ2) is 11.5. The van der Waals surface area contributed by atoms with Gasteiger partial charge in [-0.1, -0.05) is 49.4 Å². The molecule has 1 fully saturated rings. The summed E-state index contributed by atoms with van der Waals surface area (Å²) in [5.74, 6) is -1.76. The van der Waals surface area contributed by atoms with Crippen molar-refractivity contribution in [3.8, 4) is 16.9 Å². The van der Waals surface area contributed by atoms with Crippen molar-refractivity contribution in [3.05, 3.63) is 87.8 Å². The van der Waals surface area contributed by atoms with Crippen LogP contribution in [0.3, 0.4) is 0 Å². The molecule has 1 saturated heterocycles. The van der Waals surface area contributed by atoms with Crippen LogP contribution in [0, 0.1) is 11.6 Å². The van der Waals surface area contributed by atoms with E-state index in [1.807, 2.05) is 6.92 Å². The van der Waals surface area contributed by atoms with Gasteiger partial charge in [0.25, 0.3) is 0 Å². The van der Waals surface area contributed by atoms with E-state index in [-0.39, 0.29) is 62.2 Å². The number of anilines is 1. The maximum atomic E-state index is 15.9. The topological polar surface area (TPSA) is 105 Å². The molecule has 2 aromatic heterocycles. The van der Waals surface area contributed by atoms with Crippen LogP contribution < -0.4 is 10.6 Å². The Bertz CT molecular complexity index is 1960. The second-order valence-electron chi connectivity index (χ2n) is 10.3. The largest absolute Gasteiger partial charge is 0.355 e. The molecule has 0 N–H and O–H groups in total. The van der Waals surface area contributed by atoms with Gasteiger partial charge in [-0.25, -0.2) is 31.5 Å². The zero-order valence-electron chi connectivity index (χ0n) is 23.6. The Kier molecular flexibility index (Phi) is 8.10. The zero-order chi connectivity index (χ0) is 31.2. The molecule has 13 heteroatoms. The number of rotatable bonds is 6. The molecule has 4 aromatic rings. The Labute approximate surface area is 252 Å². The summed E-state index contributed by atoms with van der Waals surface area (Å²) in [6.07, 6.45) is 2.60. The molecule has 3 heterocycles. The third-order valence-corrected chi connectivity index (χ3v) is 8.99. The fourth-order valence-electron chi connectivity index (χ4n) is 5.41. The zero-order valence-corrected chi connectivity index (χ0v) is 25.2. The Morgan fingerprint density at radius 2 is 1.86 bits per heavy atom. The van der Waals surface area contributed by atoms with E-state index < -0.39 is 27.2 Å². The maximum absolute atomic E-state index is 15.9. The van der Waals surface area contributed by atoms with E-state index in [0.717, 1.165) is 23.0 Å². The van der Waals surface area contributed by atoms with Gasteiger partial charge in [-0.15, -0.1) is 0 Å². The molecule has 0 unspecified atom stereocenters. The molecule has 1 atom stereocenters. The van der Waals surface area contributed by atoms with E-state index in [2.05, 4.69) is 16.5 Å². The Morgan fingerprint density at radius 1 is 1.14 bits per heavy atom. The molecule has 2 aromatic carbocycles. The van der Waals surface area contributed by atoms with Crippen molar-refractivity contribution < 1.29 is 22.0 Å². The van der Waals surface area contributed by atoms with Crippen molar-refractivity contribution in [2.45, 2.75) is 31.2 Å². The van der Waals surface area contributed by atoms with Crippen LogP contribution >= 0.6 is 11.6 Å². The van der Waals surface area contributed by atoms with Crippen molar-refractivity contribution in [3.63, 3.8) is 0 Å². The number of sulfone groups is 1. The number of amides is 1.